The van der Waals surface area contributed by atoms with Crippen molar-refractivity contribution in [1.82, 2.24) is 9.97 Å². The maximum atomic E-state index is 6.25. The summed E-state index contributed by atoms with van der Waals surface area (Å²) in [6.45, 7) is 0. The van der Waals surface area contributed by atoms with Crippen molar-refractivity contribution in [3.8, 4) is 28.6 Å². The van der Waals surface area contributed by atoms with Gasteiger partial charge in [-0.2, -0.15) is 0 Å². The van der Waals surface area contributed by atoms with Crippen molar-refractivity contribution < 1.29 is 14.2 Å². The second kappa shape index (κ2) is 5.77. The maximum Gasteiger partial charge on any atom is 0.138 e. The minimum Gasteiger partial charge on any atom is -0.497 e. The van der Waals surface area contributed by atoms with Crippen LogP contribution in [0.5, 0.6) is 17.2 Å². The third kappa shape index (κ3) is 2.55. The molecule has 0 aliphatic carbocycles. The van der Waals surface area contributed by atoms with Crippen LogP contribution >= 0.6 is 11.6 Å². The van der Waals surface area contributed by atoms with Crippen LogP contribution < -0.4 is 14.2 Å². The fraction of sp³-hybridized carbons (Fsp3) is 0.188. The van der Waals surface area contributed by atoms with Crippen molar-refractivity contribution in [3.63, 3.8) is 0 Å². The van der Waals surface area contributed by atoms with Gasteiger partial charge in [0.1, 0.15) is 28.6 Å². The highest BCUT2D eigenvalue weighted by Gasteiger charge is 2.12. The molecule has 1 aromatic heterocycles. The van der Waals surface area contributed by atoms with E-state index >= 15 is 0 Å². The van der Waals surface area contributed by atoms with Crippen LogP contribution in [0.3, 0.4) is 0 Å². The molecule has 0 unspecified atom stereocenters. The summed E-state index contributed by atoms with van der Waals surface area (Å²) in [5, 5.41) is 0.534. The van der Waals surface area contributed by atoms with Gasteiger partial charge >= 0.3 is 0 Å². The molecule has 0 fully saturated rings. The van der Waals surface area contributed by atoms with Crippen molar-refractivity contribution in [2.45, 2.75) is 0 Å². The Balaban J connectivity index is 2.16. The quantitative estimate of drug-likeness (QED) is 0.792. The Morgan fingerprint density at radius 1 is 0.864 bits per heavy atom. The van der Waals surface area contributed by atoms with Crippen molar-refractivity contribution in [2.75, 3.05) is 21.3 Å². The summed E-state index contributed by atoms with van der Waals surface area (Å²) in [5.41, 5.74) is 2.35. The fourth-order valence-corrected chi connectivity index (χ4v) is 2.50. The average Bonchev–Trinajstić information content (AvgIpc) is 2.98. The highest BCUT2D eigenvalue weighted by molar-refractivity contribution is 6.35. The second-order valence-corrected chi connectivity index (χ2v) is 5.10. The molecule has 2 aromatic carbocycles. The molecule has 0 bridgehead atoms. The van der Waals surface area contributed by atoms with Gasteiger partial charge in [0.15, 0.2) is 0 Å². The molecule has 0 radical (unpaired) electrons. The standard InChI is InChI=1S/C16H15ClN2O3/c1-20-10-4-9(5-11(6-10)21-2)16-18-14-8-12(22-3)7-13(17)15(14)19-16/h4-8H,1-3H3,(H,18,19). The lowest BCUT2D eigenvalue weighted by Gasteiger charge is -2.06. The van der Waals surface area contributed by atoms with Crippen LogP contribution in [0, 0.1) is 0 Å². The van der Waals surface area contributed by atoms with Crippen LogP contribution in [0.1, 0.15) is 0 Å². The lowest BCUT2D eigenvalue weighted by atomic mass is 10.2. The Kier molecular flexibility index (Phi) is 3.81. The SMILES string of the molecule is COc1cc(OC)cc(-c2nc3c(Cl)cc(OC)cc3[nH]2)c1. The van der Waals surface area contributed by atoms with Crippen molar-refractivity contribution in [2.24, 2.45) is 0 Å². The lowest BCUT2D eigenvalue weighted by molar-refractivity contribution is 0.394. The molecule has 6 heteroatoms. The Bertz CT molecular complexity index is 807. The number of aromatic amines is 1. The smallest absolute Gasteiger partial charge is 0.138 e. The van der Waals surface area contributed by atoms with Gasteiger partial charge in [-0.1, -0.05) is 11.6 Å². The van der Waals surface area contributed by atoms with Crippen LogP contribution in [-0.2, 0) is 0 Å². The number of hydrogen-bond donors (Lipinski definition) is 1. The number of fused-ring (bicyclic) bond motifs is 1. The number of H-pyrrole nitrogens is 1. The van der Waals surface area contributed by atoms with Crippen LogP contribution in [0.2, 0.25) is 5.02 Å². The minimum absolute atomic E-state index is 0.534. The number of nitrogens with one attached hydrogen (secondary N) is 1. The van der Waals surface area contributed by atoms with E-state index in [9.17, 15) is 0 Å². The first-order valence-corrected chi connectivity index (χ1v) is 6.99. The molecule has 1 heterocycles. The van der Waals surface area contributed by atoms with Crippen molar-refractivity contribution in [1.29, 1.82) is 0 Å². The highest BCUT2D eigenvalue weighted by atomic mass is 35.5. The minimum atomic E-state index is 0.534. The third-order valence-corrected chi connectivity index (χ3v) is 3.66. The first-order valence-electron chi connectivity index (χ1n) is 6.61. The molecule has 0 atom stereocenters. The molecule has 3 aromatic rings. The Hall–Kier alpha value is -2.40. The lowest BCUT2D eigenvalue weighted by Crippen LogP contribution is -1.89. The number of nitrogens with zero attached hydrogens (tertiary/aromatic N) is 1. The number of rotatable bonds is 4. The van der Waals surface area contributed by atoms with Gasteiger partial charge in [0, 0.05) is 23.8 Å². The second-order valence-electron chi connectivity index (χ2n) is 4.69. The molecule has 0 amide bonds. The number of ether oxygens (including phenoxy) is 3. The normalized spacial score (nSPS) is 10.7. The summed E-state index contributed by atoms with van der Waals surface area (Å²) >= 11 is 6.25. The molecule has 114 valence electrons. The van der Waals surface area contributed by atoms with Gasteiger partial charge in [-0.15, -0.1) is 0 Å². The maximum absolute atomic E-state index is 6.25. The van der Waals surface area contributed by atoms with E-state index in [0.717, 1.165) is 11.1 Å². The molecule has 0 aliphatic heterocycles. The molecule has 1 N–H and O–H groups in total. The van der Waals surface area contributed by atoms with E-state index in [-0.39, 0.29) is 0 Å². The zero-order chi connectivity index (χ0) is 15.7. The van der Waals surface area contributed by atoms with E-state index in [2.05, 4.69) is 9.97 Å². The van der Waals surface area contributed by atoms with Crippen molar-refractivity contribution >= 4 is 22.6 Å². The third-order valence-electron chi connectivity index (χ3n) is 3.37. The zero-order valence-electron chi connectivity index (χ0n) is 12.4. The summed E-state index contributed by atoms with van der Waals surface area (Å²) in [5.74, 6) is 2.75. The van der Waals surface area contributed by atoms with Gasteiger partial charge in [0.2, 0.25) is 0 Å². The Labute approximate surface area is 132 Å². The monoisotopic (exact) mass is 318 g/mol. The molecular weight excluding hydrogens is 304 g/mol. The van der Waals surface area contributed by atoms with Gasteiger partial charge in [-0.25, -0.2) is 4.98 Å². The van der Waals surface area contributed by atoms with Crippen molar-refractivity contribution in [3.05, 3.63) is 35.4 Å². The van der Waals surface area contributed by atoms with Gasteiger partial charge < -0.3 is 19.2 Å². The van der Waals surface area contributed by atoms with E-state index in [0.29, 0.717) is 33.6 Å². The van der Waals surface area contributed by atoms with Crippen LogP contribution in [0.25, 0.3) is 22.4 Å². The van der Waals surface area contributed by atoms with E-state index in [1.807, 2.05) is 24.3 Å². The first kappa shape index (κ1) is 14.5. The predicted octanol–water partition coefficient (Wildman–Crippen LogP) is 3.91. The number of imidazole rings is 1. The summed E-state index contributed by atoms with van der Waals surface area (Å²) in [6.07, 6.45) is 0. The number of halogens is 1. The Morgan fingerprint density at radius 2 is 1.45 bits per heavy atom. The van der Waals surface area contributed by atoms with E-state index < -0.39 is 0 Å². The molecular formula is C16H15ClN2O3. The largest absolute Gasteiger partial charge is 0.497 e. The summed E-state index contributed by atoms with van der Waals surface area (Å²) < 4.78 is 15.8. The summed E-state index contributed by atoms with van der Waals surface area (Å²) in [7, 11) is 4.82. The van der Waals surface area contributed by atoms with Gasteiger partial charge in [0.25, 0.3) is 0 Å². The predicted molar refractivity (Wildman–Crippen MR) is 86.2 cm³/mol. The topological polar surface area (TPSA) is 56.4 Å². The number of methoxy groups -OCH3 is 3. The Morgan fingerprint density at radius 3 is 2.05 bits per heavy atom. The molecule has 0 aliphatic rings. The fourth-order valence-electron chi connectivity index (χ4n) is 2.25. The van der Waals surface area contributed by atoms with E-state index in [1.165, 1.54) is 0 Å². The number of hydrogen-bond acceptors (Lipinski definition) is 4. The molecule has 0 saturated heterocycles. The van der Waals surface area contributed by atoms with Crippen LogP contribution in [0.15, 0.2) is 30.3 Å². The zero-order valence-corrected chi connectivity index (χ0v) is 13.2. The van der Waals surface area contributed by atoms with Gasteiger partial charge in [-0.3, -0.25) is 0 Å². The van der Waals surface area contributed by atoms with Gasteiger partial charge in [-0.05, 0) is 12.1 Å². The number of benzene rings is 2. The molecule has 22 heavy (non-hydrogen) atoms. The number of aromatic nitrogens is 2. The summed E-state index contributed by atoms with van der Waals surface area (Å²) in [6, 6.07) is 9.16. The molecule has 3 rings (SSSR count). The summed E-state index contributed by atoms with van der Waals surface area (Å²) in [4.78, 5) is 7.80. The molecule has 5 nitrogen and oxygen atoms in total. The average molecular weight is 319 g/mol. The van der Waals surface area contributed by atoms with Crippen LogP contribution in [-0.4, -0.2) is 31.3 Å². The van der Waals surface area contributed by atoms with Gasteiger partial charge in [0.05, 0.1) is 31.9 Å². The first-order chi connectivity index (χ1) is 10.6. The van der Waals surface area contributed by atoms with Crippen LogP contribution in [0.4, 0.5) is 0 Å². The highest BCUT2D eigenvalue weighted by Crippen LogP contribution is 2.32. The van der Waals surface area contributed by atoms with E-state index in [4.69, 9.17) is 25.8 Å². The molecule has 0 saturated carbocycles. The molecule has 0 spiro atoms. The van der Waals surface area contributed by atoms with E-state index in [1.54, 1.807) is 27.4 Å².